The van der Waals surface area contributed by atoms with Crippen LogP contribution in [0.2, 0.25) is 0 Å². The number of carbonyl (C=O) groups excluding carboxylic acids is 1. The summed E-state index contributed by atoms with van der Waals surface area (Å²) in [5.74, 6) is 0.540. The second-order valence-electron chi connectivity index (χ2n) is 4.49. The molecular weight excluding hydrogens is 264 g/mol. The van der Waals surface area contributed by atoms with Crippen molar-refractivity contribution in [2.75, 3.05) is 13.0 Å². The number of hydrogen-bond donors (Lipinski definition) is 2. The summed E-state index contributed by atoms with van der Waals surface area (Å²) in [6.07, 6.45) is 0. The Balaban J connectivity index is 2.39. The second-order valence-corrected chi connectivity index (χ2v) is 4.76. The van der Waals surface area contributed by atoms with Crippen molar-refractivity contribution in [2.45, 2.75) is 20.4 Å². The van der Waals surface area contributed by atoms with Gasteiger partial charge in [0.2, 0.25) is 5.91 Å². The van der Waals surface area contributed by atoms with Crippen molar-refractivity contribution in [3.63, 3.8) is 0 Å². The summed E-state index contributed by atoms with van der Waals surface area (Å²) < 4.78 is 5.39. The Morgan fingerprint density at radius 3 is 2.79 bits per heavy atom. The number of aromatic amines is 1. The molecule has 0 atom stereocenters. The van der Waals surface area contributed by atoms with Crippen LogP contribution in [0.1, 0.15) is 16.8 Å². The minimum atomic E-state index is -0.192. The minimum Gasteiger partial charge on any atom is -0.496 e. The fraction of sp³-hybridized carbons (Fsp3) is 0.357. The molecule has 5 heteroatoms. The van der Waals surface area contributed by atoms with E-state index in [1.807, 2.05) is 19.1 Å². The highest BCUT2D eigenvalue weighted by molar-refractivity contribution is 6.27. The fourth-order valence-corrected chi connectivity index (χ4v) is 2.20. The summed E-state index contributed by atoms with van der Waals surface area (Å²) in [6.45, 7) is 4.51. The van der Waals surface area contributed by atoms with Gasteiger partial charge >= 0.3 is 0 Å². The van der Waals surface area contributed by atoms with E-state index in [0.717, 1.165) is 27.9 Å². The van der Waals surface area contributed by atoms with Crippen molar-refractivity contribution in [1.82, 2.24) is 10.3 Å². The predicted molar refractivity (Wildman–Crippen MR) is 76.9 cm³/mol. The molecule has 1 amide bonds. The van der Waals surface area contributed by atoms with Crippen LogP contribution in [0, 0.1) is 13.8 Å². The summed E-state index contributed by atoms with van der Waals surface area (Å²) in [7, 11) is 1.63. The number of benzene rings is 1. The third-order valence-corrected chi connectivity index (χ3v) is 3.55. The molecule has 0 fully saturated rings. The molecule has 0 aliphatic carbocycles. The number of H-pyrrole nitrogens is 1. The highest BCUT2D eigenvalue weighted by Gasteiger charge is 2.11. The van der Waals surface area contributed by atoms with Gasteiger partial charge in [-0.15, -0.1) is 11.6 Å². The Kier molecular flexibility index (Phi) is 4.00. The van der Waals surface area contributed by atoms with Gasteiger partial charge < -0.3 is 15.0 Å². The van der Waals surface area contributed by atoms with Crippen molar-refractivity contribution in [3.05, 3.63) is 29.0 Å². The molecular formula is C14H17ClN2O2. The molecule has 1 aromatic carbocycles. The number of fused-ring (bicyclic) bond motifs is 1. The summed E-state index contributed by atoms with van der Waals surface area (Å²) in [6, 6.07) is 4.00. The standard InChI is InChI=1S/C14H17ClN2O2/c1-8-9(2)17-12-4-10(7-16-14(18)6-15)13(19-3)5-11(8)12/h4-5,17H,6-7H2,1-3H3,(H,16,18). The topological polar surface area (TPSA) is 54.1 Å². The van der Waals surface area contributed by atoms with E-state index in [4.69, 9.17) is 16.3 Å². The number of halogens is 1. The van der Waals surface area contributed by atoms with E-state index >= 15 is 0 Å². The normalized spacial score (nSPS) is 10.7. The maximum Gasteiger partial charge on any atom is 0.235 e. The van der Waals surface area contributed by atoms with E-state index < -0.39 is 0 Å². The molecule has 19 heavy (non-hydrogen) atoms. The van der Waals surface area contributed by atoms with Crippen LogP contribution in [0.25, 0.3) is 10.9 Å². The molecule has 2 N–H and O–H groups in total. The number of aromatic nitrogens is 1. The van der Waals surface area contributed by atoms with Gasteiger partial charge in [0.1, 0.15) is 11.6 Å². The van der Waals surface area contributed by atoms with Crippen LogP contribution >= 0.6 is 11.6 Å². The Labute approximate surface area is 117 Å². The van der Waals surface area contributed by atoms with Gasteiger partial charge in [0.15, 0.2) is 0 Å². The number of hydrogen-bond acceptors (Lipinski definition) is 2. The number of amides is 1. The van der Waals surface area contributed by atoms with Crippen molar-refractivity contribution in [3.8, 4) is 5.75 Å². The fourth-order valence-electron chi connectivity index (χ4n) is 2.11. The van der Waals surface area contributed by atoms with E-state index in [2.05, 4.69) is 17.2 Å². The molecule has 2 aromatic rings. The molecule has 2 rings (SSSR count). The van der Waals surface area contributed by atoms with E-state index in [-0.39, 0.29) is 11.8 Å². The van der Waals surface area contributed by atoms with E-state index in [1.54, 1.807) is 7.11 Å². The van der Waals surface area contributed by atoms with Gasteiger partial charge in [0.05, 0.1) is 7.11 Å². The van der Waals surface area contributed by atoms with Gasteiger partial charge in [-0.2, -0.15) is 0 Å². The highest BCUT2D eigenvalue weighted by Crippen LogP contribution is 2.29. The number of nitrogens with one attached hydrogen (secondary N) is 2. The summed E-state index contributed by atoms with van der Waals surface area (Å²) in [5, 5.41) is 3.89. The molecule has 0 aliphatic rings. The first-order chi connectivity index (χ1) is 9.06. The van der Waals surface area contributed by atoms with Gasteiger partial charge in [-0.05, 0) is 31.5 Å². The zero-order valence-electron chi connectivity index (χ0n) is 11.3. The lowest BCUT2D eigenvalue weighted by Crippen LogP contribution is -2.23. The smallest absolute Gasteiger partial charge is 0.235 e. The van der Waals surface area contributed by atoms with Gasteiger partial charge in [-0.25, -0.2) is 0 Å². The Morgan fingerprint density at radius 1 is 1.42 bits per heavy atom. The third kappa shape index (κ3) is 2.68. The molecule has 0 saturated carbocycles. The molecule has 0 aliphatic heterocycles. The quantitative estimate of drug-likeness (QED) is 0.846. The SMILES string of the molecule is COc1cc2c(C)c(C)[nH]c2cc1CNC(=O)CCl. The molecule has 102 valence electrons. The van der Waals surface area contributed by atoms with Crippen LogP contribution in [-0.2, 0) is 11.3 Å². The Bertz CT molecular complexity index is 619. The zero-order valence-corrected chi connectivity index (χ0v) is 12.0. The largest absolute Gasteiger partial charge is 0.496 e. The lowest BCUT2D eigenvalue weighted by molar-refractivity contribution is -0.118. The molecule has 0 bridgehead atoms. The first kappa shape index (κ1) is 13.7. The number of methoxy groups -OCH3 is 1. The molecule has 0 unspecified atom stereocenters. The number of aryl methyl sites for hydroxylation is 2. The maximum atomic E-state index is 11.2. The summed E-state index contributed by atoms with van der Waals surface area (Å²) >= 11 is 5.46. The number of rotatable bonds is 4. The summed E-state index contributed by atoms with van der Waals surface area (Å²) in [5.41, 5.74) is 4.32. The van der Waals surface area contributed by atoms with Crippen LogP contribution in [0.5, 0.6) is 5.75 Å². The van der Waals surface area contributed by atoms with Crippen molar-refractivity contribution in [1.29, 1.82) is 0 Å². The second kappa shape index (κ2) is 5.53. The van der Waals surface area contributed by atoms with Gasteiger partial charge in [0.25, 0.3) is 0 Å². The maximum absolute atomic E-state index is 11.2. The van der Waals surface area contributed by atoms with Crippen LogP contribution in [0.15, 0.2) is 12.1 Å². The number of ether oxygens (including phenoxy) is 1. The molecule has 0 saturated heterocycles. The van der Waals surface area contributed by atoms with E-state index in [0.29, 0.717) is 6.54 Å². The number of carbonyl (C=O) groups is 1. The average molecular weight is 281 g/mol. The molecule has 0 radical (unpaired) electrons. The predicted octanol–water partition coefficient (Wildman–Crippen LogP) is 2.65. The average Bonchev–Trinajstić information content (AvgIpc) is 2.69. The van der Waals surface area contributed by atoms with Crippen LogP contribution in [0.3, 0.4) is 0 Å². The highest BCUT2D eigenvalue weighted by atomic mass is 35.5. The molecule has 0 spiro atoms. The van der Waals surface area contributed by atoms with Crippen molar-refractivity contribution >= 4 is 28.4 Å². The lowest BCUT2D eigenvalue weighted by Gasteiger charge is -2.10. The van der Waals surface area contributed by atoms with Crippen LogP contribution in [-0.4, -0.2) is 23.9 Å². The van der Waals surface area contributed by atoms with E-state index in [1.165, 1.54) is 5.56 Å². The lowest BCUT2D eigenvalue weighted by atomic mass is 10.1. The molecule has 1 aromatic heterocycles. The third-order valence-electron chi connectivity index (χ3n) is 3.31. The first-order valence-corrected chi connectivity index (χ1v) is 6.58. The van der Waals surface area contributed by atoms with E-state index in [9.17, 15) is 4.79 Å². The van der Waals surface area contributed by atoms with Gasteiger partial charge in [-0.3, -0.25) is 4.79 Å². The zero-order chi connectivity index (χ0) is 14.0. The Hall–Kier alpha value is -1.68. The Morgan fingerprint density at radius 2 is 2.16 bits per heavy atom. The van der Waals surface area contributed by atoms with Crippen molar-refractivity contribution in [2.24, 2.45) is 0 Å². The van der Waals surface area contributed by atoms with Crippen molar-refractivity contribution < 1.29 is 9.53 Å². The molecule has 1 heterocycles. The van der Waals surface area contributed by atoms with Crippen LogP contribution in [0.4, 0.5) is 0 Å². The first-order valence-electron chi connectivity index (χ1n) is 6.05. The minimum absolute atomic E-state index is 0.0364. The van der Waals surface area contributed by atoms with Crippen LogP contribution < -0.4 is 10.1 Å². The van der Waals surface area contributed by atoms with Gasteiger partial charge in [0, 0.05) is 28.7 Å². The molecule has 4 nitrogen and oxygen atoms in total. The number of alkyl halides is 1. The summed E-state index contributed by atoms with van der Waals surface area (Å²) in [4.78, 5) is 14.5. The van der Waals surface area contributed by atoms with Gasteiger partial charge in [-0.1, -0.05) is 0 Å². The monoisotopic (exact) mass is 280 g/mol.